The molecule has 0 amide bonds. The molecule has 1 aromatic heterocycles. The van der Waals surface area contributed by atoms with Gasteiger partial charge in [0.15, 0.2) is 0 Å². The van der Waals surface area contributed by atoms with Crippen LogP contribution in [0, 0.1) is 6.92 Å². The molecule has 2 heterocycles. The van der Waals surface area contributed by atoms with E-state index in [1.54, 1.807) is 0 Å². The highest BCUT2D eigenvalue weighted by atomic mass is 32.1. The van der Waals surface area contributed by atoms with Gasteiger partial charge in [-0.3, -0.25) is 9.80 Å². The van der Waals surface area contributed by atoms with Crippen molar-refractivity contribution in [3.8, 4) is 0 Å². The second kappa shape index (κ2) is 6.16. The number of nitrogens with zero attached hydrogens (tertiary/aromatic N) is 3. The molecule has 2 aliphatic rings. The Kier molecular flexibility index (Phi) is 4.31. The minimum Gasteiger partial charge on any atom is -0.296 e. The summed E-state index contributed by atoms with van der Waals surface area (Å²) in [4.78, 5) is 11.0. The number of thiazole rings is 1. The van der Waals surface area contributed by atoms with Crippen LogP contribution in [0.2, 0.25) is 0 Å². The van der Waals surface area contributed by atoms with E-state index in [0.29, 0.717) is 6.04 Å². The summed E-state index contributed by atoms with van der Waals surface area (Å²) in [5.74, 6) is 0. The molecule has 1 fully saturated rings. The monoisotopic (exact) mass is 277 g/mol. The van der Waals surface area contributed by atoms with Crippen molar-refractivity contribution in [3.63, 3.8) is 0 Å². The molecular weight excluding hydrogens is 254 g/mol. The van der Waals surface area contributed by atoms with Crippen molar-refractivity contribution in [2.75, 3.05) is 26.2 Å². The van der Waals surface area contributed by atoms with Crippen LogP contribution in [-0.2, 0) is 6.54 Å². The molecule has 0 spiro atoms. The lowest BCUT2D eigenvalue weighted by atomic mass is 10.0. The lowest BCUT2D eigenvalue weighted by molar-refractivity contribution is 0.102. The molecule has 19 heavy (non-hydrogen) atoms. The van der Waals surface area contributed by atoms with E-state index in [2.05, 4.69) is 33.9 Å². The van der Waals surface area contributed by atoms with Crippen molar-refractivity contribution in [1.82, 2.24) is 14.8 Å². The molecular formula is C15H23N3S. The second-order valence-corrected chi connectivity index (χ2v) is 6.90. The largest absolute Gasteiger partial charge is 0.296 e. The number of piperazine rings is 1. The van der Waals surface area contributed by atoms with Gasteiger partial charge < -0.3 is 0 Å². The van der Waals surface area contributed by atoms with Gasteiger partial charge in [0.05, 0.1) is 5.01 Å². The maximum atomic E-state index is 4.34. The van der Waals surface area contributed by atoms with Crippen LogP contribution in [0.25, 0.3) is 0 Å². The number of hydrogen-bond acceptors (Lipinski definition) is 4. The number of hydrogen-bond donors (Lipinski definition) is 0. The summed E-state index contributed by atoms with van der Waals surface area (Å²) in [7, 11) is 0. The van der Waals surface area contributed by atoms with E-state index in [1.807, 2.05) is 17.5 Å². The van der Waals surface area contributed by atoms with Crippen LogP contribution in [0.3, 0.4) is 0 Å². The summed E-state index contributed by atoms with van der Waals surface area (Å²) in [5.41, 5.74) is 0. The third-order valence-electron chi connectivity index (χ3n) is 4.15. The summed E-state index contributed by atoms with van der Waals surface area (Å²) in [6.07, 6.45) is 10.8. The fraction of sp³-hybridized carbons (Fsp3) is 0.667. The third-order valence-corrected chi connectivity index (χ3v) is 5.05. The normalized spacial score (nSPS) is 25.8. The molecule has 1 aromatic rings. The Balaban J connectivity index is 1.49. The van der Waals surface area contributed by atoms with Gasteiger partial charge in [0.2, 0.25) is 0 Å². The average Bonchev–Trinajstić information content (AvgIpc) is 2.86. The molecule has 104 valence electrons. The number of allylic oxidation sites excluding steroid dienone is 1. The molecule has 1 unspecified atom stereocenters. The first kappa shape index (κ1) is 13.3. The quantitative estimate of drug-likeness (QED) is 0.792. The molecule has 1 aliphatic heterocycles. The van der Waals surface area contributed by atoms with Crippen molar-refractivity contribution < 1.29 is 0 Å². The highest BCUT2D eigenvalue weighted by Gasteiger charge is 2.23. The smallest absolute Gasteiger partial charge is 0.0897 e. The van der Waals surface area contributed by atoms with Crippen LogP contribution in [0.15, 0.2) is 18.3 Å². The Morgan fingerprint density at radius 3 is 2.79 bits per heavy atom. The molecule has 0 N–H and O–H groups in total. The lowest BCUT2D eigenvalue weighted by Crippen LogP contribution is -2.49. The molecule has 4 heteroatoms. The zero-order valence-electron chi connectivity index (χ0n) is 11.7. The van der Waals surface area contributed by atoms with Crippen LogP contribution < -0.4 is 0 Å². The van der Waals surface area contributed by atoms with Crippen LogP contribution in [0.4, 0.5) is 0 Å². The number of aryl methyl sites for hydroxylation is 1. The van der Waals surface area contributed by atoms with Gasteiger partial charge in [-0.2, -0.15) is 0 Å². The van der Waals surface area contributed by atoms with Crippen molar-refractivity contribution in [3.05, 3.63) is 28.2 Å². The Morgan fingerprint density at radius 1 is 1.32 bits per heavy atom. The topological polar surface area (TPSA) is 19.4 Å². The summed E-state index contributed by atoms with van der Waals surface area (Å²) in [5, 5.41) is 1.18. The Hall–Kier alpha value is -0.710. The van der Waals surface area contributed by atoms with Gasteiger partial charge in [0.25, 0.3) is 0 Å². The van der Waals surface area contributed by atoms with Crippen molar-refractivity contribution in [1.29, 1.82) is 0 Å². The Morgan fingerprint density at radius 2 is 2.16 bits per heavy atom. The maximum Gasteiger partial charge on any atom is 0.0897 e. The fourth-order valence-electron chi connectivity index (χ4n) is 3.05. The van der Waals surface area contributed by atoms with Crippen LogP contribution >= 0.6 is 11.3 Å². The predicted molar refractivity (Wildman–Crippen MR) is 80.5 cm³/mol. The third kappa shape index (κ3) is 3.44. The first-order valence-corrected chi connectivity index (χ1v) is 8.17. The van der Waals surface area contributed by atoms with E-state index in [9.17, 15) is 0 Å². The first-order chi connectivity index (χ1) is 9.31. The minimum absolute atomic E-state index is 0.710. The molecule has 0 aromatic carbocycles. The van der Waals surface area contributed by atoms with Gasteiger partial charge in [-0.15, -0.1) is 11.3 Å². The zero-order valence-corrected chi connectivity index (χ0v) is 12.5. The van der Waals surface area contributed by atoms with Gasteiger partial charge in [-0.25, -0.2) is 4.98 Å². The minimum atomic E-state index is 0.710. The van der Waals surface area contributed by atoms with Gasteiger partial charge in [0, 0.05) is 49.8 Å². The van der Waals surface area contributed by atoms with Crippen molar-refractivity contribution >= 4 is 11.3 Å². The number of rotatable bonds is 3. The molecule has 1 atom stereocenters. The lowest BCUT2D eigenvalue weighted by Gasteiger charge is -2.39. The molecule has 3 nitrogen and oxygen atoms in total. The molecule has 0 saturated carbocycles. The highest BCUT2D eigenvalue weighted by molar-refractivity contribution is 7.11. The van der Waals surface area contributed by atoms with E-state index in [1.165, 1.54) is 55.3 Å². The summed E-state index contributed by atoms with van der Waals surface area (Å²) in [6, 6.07) is 0.710. The molecule has 3 rings (SSSR count). The maximum absolute atomic E-state index is 4.34. The molecule has 0 bridgehead atoms. The molecule has 1 aliphatic carbocycles. The summed E-state index contributed by atoms with van der Waals surface area (Å²) < 4.78 is 0. The summed E-state index contributed by atoms with van der Waals surface area (Å²) >= 11 is 1.83. The van der Waals surface area contributed by atoms with E-state index in [0.717, 1.165) is 6.54 Å². The van der Waals surface area contributed by atoms with Crippen molar-refractivity contribution in [2.45, 2.75) is 38.8 Å². The van der Waals surface area contributed by atoms with Gasteiger partial charge in [0.1, 0.15) is 0 Å². The van der Waals surface area contributed by atoms with Gasteiger partial charge >= 0.3 is 0 Å². The summed E-state index contributed by atoms with van der Waals surface area (Å²) in [6.45, 7) is 7.99. The standard InChI is InChI=1S/C15H23N3S/c1-13-16-11-15(19-13)12-17-7-9-18(10-8-17)14-5-3-2-4-6-14/h3,5,11,14H,2,4,6-10,12H2,1H3. The molecule has 0 radical (unpaired) electrons. The SMILES string of the molecule is Cc1ncc(CN2CCN(C3C=CCCC3)CC2)s1. The molecule has 1 saturated heterocycles. The Bertz CT molecular complexity index is 432. The van der Waals surface area contributed by atoms with Gasteiger partial charge in [-0.05, 0) is 26.2 Å². The fourth-order valence-corrected chi connectivity index (χ4v) is 3.89. The predicted octanol–water partition coefficient (Wildman–Crippen LogP) is 2.68. The van der Waals surface area contributed by atoms with Crippen LogP contribution in [0.5, 0.6) is 0 Å². The van der Waals surface area contributed by atoms with E-state index in [4.69, 9.17) is 0 Å². The zero-order chi connectivity index (χ0) is 13.1. The highest BCUT2D eigenvalue weighted by Crippen LogP contribution is 2.20. The average molecular weight is 277 g/mol. The van der Waals surface area contributed by atoms with Crippen LogP contribution in [0.1, 0.15) is 29.1 Å². The Labute approximate surface area is 119 Å². The van der Waals surface area contributed by atoms with Crippen LogP contribution in [-0.4, -0.2) is 47.0 Å². The second-order valence-electron chi connectivity index (χ2n) is 5.58. The first-order valence-electron chi connectivity index (χ1n) is 7.35. The number of aromatic nitrogens is 1. The van der Waals surface area contributed by atoms with Crippen molar-refractivity contribution in [2.24, 2.45) is 0 Å². The van der Waals surface area contributed by atoms with Gasteiger partial charge in [-0.1, -0.05) is 12.2 Å². The van der Waals surface area contributed by atoms with E-state index < -0.39 is 0 Å². The van der Waals surface area contributed by atoms with E-state index in [-0.39, 0.29) is 0 Å². The van der Waals surface area contributed by atoms with E-state index >= 15 is 0 Å².